The number of nitrogens with zero attached hydrogens (tertiary/aromatic N) is 2. The molecule has 52 heavy (non-hydrogen) atoms. The first-order valence-corrected chi connectivity index (χ1v) is 19.2. The number of hydrogen-bond acceptors (Lipinski definition) is 4. The number of benzene rings is 6. The smallest absolute Gasteiger partial charge is 0.160 e. The highest BCUT2D eigenvalue weighted by molar-refractivity contribution is 7.99. The molecule has 1 unspecified atom stereocenters. The third-order valence-corrected chi connectivity index (χ3v) is 12.7. The Labute approximate surface area is 311 Å². The number of allylic oxidation sites excluding steroid dienone is 5. The highest BCUT2D eigenvalue weighted by Crippen LogP contribution is 2.63. The van der Waals surface area contributed by atoms with Gasteiger partial charge in [0.1, 0.15) is 0 Å². The van der Waals surface area contributed by atoms with Gasteiger partial charge in [-0.1, -0.05) is 152 Å². The van der Waals surface area contributed by atoms with E-state index in [-0.39, 0.29) is 0 Å². The van der Waals surface area contributed by atoms with Crippen molar-refractivity contribution in [3.8, 4) is 33.9 Å². The Morgan fingerprint density at radius 3 is 2.06 bits per heavy atom. The van der Waals surface area contributed by atoms with Gasteiger partial charge >= 0.3 is 0 Å². The Balaban J connectivity index is 1.25. The van der Waals surface area contributed by atoms with Gasteiger partial charge in [0.2, 0.25) is 0 Å². The minimum atomic E-state index is -0.533. The summed E-state index contributed by atoms with van der Waals surface area (Å²) in [6.07, 6.45) is 6.58. The Morgan fingerprint density at radius 2 is 1.27 bits per heavy atom. The number of thiophene rings is 1. The Morgan fingerprint density at radius 1 is 0.596 bits per heavy atom. The zero-order chi connectivity index (χ0) is 34.8. The van der Waals surface area contributed by atoms with E-state index in [9.17, 15) is 0 Å². The Kier molecular flexibility index (Phi) is 7.24. The molecular formula is C48H32N2S2. The second-order valence-corrected chi connectivity index (χ2v) is 15.4. The van der Waals surface area contributed by atoms with E-state index in [1.165, 1.54) is 63.4 Å². The minimum Gasteiger partial charge on any atom is -0.228 e. The molecule has 0 radical (unpaired) electrons. The van der Waals surface area contributed by atoms with Crippen molar-refractivity contribution in [2.75, 3.05) is 0 Å². The predicted octanol–water partition coefficient (Wildman–Crippen LogP) is 13.2. The van der Waals surface area contributed by atoms with Crippen LogP contribution in [-0.2, 0) is 5.41 Å². The summed E-state index contributed by atoms with van der Waals surface area (Å²) in [6.45, 7) is 6.63. The molecule has 1 aliphatic carbocycles. The molecular weight excluding hydrogens is 669 g/mol. The van der Waals surface area contributed by atoms with Crippen LogP contribution in [0.5, 0.6) is 0 Å². The van der Waals surface area contributed by atoms with Crippen molar-refractivity contribution in [3.63, 3.8) is 0 Å². The second kappa shape index (κ2) is 12.2. The molecule has 0 N–H and O–H groups in total. The van der Waals surface area contributed by atoms with Gasteiger partial charge < -0.3 is 0 Å². The van der Waals surface area contributed by atoms with Gasteiger partial charge in [0.05, 0.1) is 16.8 Å². The van der Waals surface area contributed by atoms with Gasteiger partial charge in [0, 0.05) is 46.7 Å². The van der Waals surface area contributed by atoms with Gasteiger partial charge in [0.25, 0.3) is 0 Å². The molecule has 10 rings (SSSR count). The van der Waals surface area contributed by atoms with Crippen molar-refractivity contribution in [1.82, 2.24) is 9.97 Å². The Hall–Kier alpha value is -5.81. The van der Waals surface area contributed by atoms with Crippen LogP contribution in [0.25, 0.3) is 59.6 Å². The molecule has 0 saturated heterocycles. The normalized spacial score (nSPS) is 16.1. The molecule has 2 aromatic heterocycles. The van der Waals surface area contributed by atoms with Gasteiger partial charge in [-0.3, -0.25) is 0 Å². The highest BCUT2D eigenvalue weighted by Gasteiger charge is 2.51. The average Bonchev–Trinajstić information content (AvgIpc) is 3.72. The number of fused-ring (bicyclic) bond motifs is 10. The maximum Gasteiger partial charge on any atom is 0.160 e. The van der Waals surface area contributed by atoms with Crippen molar-refractivity contribution in [3.05, 3.63) is 198 Å². The van der Waals surface area contributed by atoms with Gasteiger partial charge in [-0.15, -0.1) is 11.3 Å². The zero-order valence-electron chi connectivity index (χ0n) is 28.5. The van der Waals surface area contributed by atoms with Gasteiger partial charge in [-0.25, -0.2) is 9.97 Å². The molecule has 6 aromatic carbocycles. The molecule has 0 amide bonds. The predicted molar refractivity (Wildman–Crippen MR) is 220 cm³/mol. The first-order chi connectivity index (χ1) is 25.7. The van der Waals surface area contributed by atoms with Crippen molar-refractivity contribution in [2.24, 2.45) is 0 Å². The molecule has 4 heteroatoms. The summed E-state index contributed by atoms with van der Waals surface area (Å²) in [5.41, 5.74) is 12.1. The number of aromatic nitrogens is 2. The van der Waals surface area contributed by atoms with Crippen LogP contribution in [0.4, 0.5) is 0 Å². The van der Waals surface area contributed by atoms with Crippen LogP contribution >= 0.6 is 23.1 Å². The van der Waals surface area contributed by atoms with E-state index >= 15 is 0 Å². The summed E-state index contributed by atoms with van der Waals surface area (Å²) >= 11 is 3.72. The van der Waals surface area contributed by atoms with E-state index in [2.05, 4.69) is 153 Å². The molecule has 8 aromatic rings. The lowest BCUT2D eigenvalue weighted by Gasteiger charge is -2.40. The molecule has 246 valence electrons. The van der Waals surface area contributed by atoms with E-state index in [1.807, 2.05) is 47.4 Å². The van der Waals surface area contributed by atoms with Crippen LogP contribution in [0.2, 0.25) is 0 Å². The lowest BCUT2D eigenvalue weighted by Crippen LogP contribution is -2.32. The van der Waals surface area contributed by atoms with Gasteiger partial charge in [0.15, 0.2) is 5.82 Å². The van der Waals surface area contributed by atoms with Crippen LogP contribution in [0.15, 0.2) is 186 Å². The molecule has 0 saturated carbocycles. The first-order valence-electron chi connectivity index (χ1n) is 17.6. The van der Waals surface area contributed by atoms with E-state index in [1.54, 1.807) is 0 Å². The summed E-state index contributed by atoms with van der Waals surface area (Å²) in [7, 11) is 0. The SMILES string of the molecule is C=CC1=C(/C=C\C)c2c(ccc3sc4ccccc4c23)C12c1ccccc1Sc1cc(-c3cc(-c4ccccc4)nc(-c4ccccc4)n3)ccc12. The summed E-state index contributed by atoms with van der Waals surface area (Å²) in [5, 5.41) is 2.64. The molecule has 1 aliphatic heterocycles. The Bertz CT molecular complexity index is 2730. The average molecular weight is 701 g/mol. The minimum absolute atomic E-state index is 0.533. The number of rotatable bonds is 5. The fourth-order valence-corrected chi connectivity index (χ4v) is 10.7. The molecule has 3 heterocycles. The van der Waals surface area contributed by atoms with E-state index in [0.717, 1.165) is 28.1 Å². The zero-order valence-corrected chi connectivity index (χ0v) is 30.1. The highest BCUT2D eigenvalue weighted by atomic mass is 32.2. The molecule has 1 spiro atoms. The first kappa shape index (κ1) is 31.0. The maximum atomic E-state index is 5.19. The van der Waals surface area contributed by atoms with Crippen molar-refractivity contribution < 1.29 is 0 Å². The standard InChI is InChI=1S/C48H32N2S2/c1-3-15-33-35(4-2)48(38-26-27-43-46(45(33)38)34-20-11-13-22-41(34)51-43)36-21-12-14-23-42(36)52-44-28-32(24-25-37(44)48)40-29-39(30-16-7-5-8-17-30)49-47(50-40)31-18-9-6-10-19-31/h3-29H,2H2,1H3/b15-3-. The molecule has 2 nitrogen and oxygen atoms in total. The van der Waals surface area contributed by atoms with Crippen LogP contribution in [0, 0.1) is 0 Å². The van der Waals surface area contributed by atoms with Crippen LogP contribution in [0.1, 0.15) is 29.2 Å². The maximum absolute atomic E-state index is 5.19. The largest absolute Gasteiger partial charge is 0.228 e. The van der Waals surface area contributed by atoms with Crippen molar-refractivity contribution in [1.29, 1.82) is 0 Å². The molecule has 2 aliphatic rings. The number of hydrogen-bond donors (Lipinski definition) is 0. The van der Waals surface area contributed by atoms with E-state index in [4.69, 9.17) is 9.97 Å². The van der Waals surface area contributed by atoms with E-state index in [0.29, 0.717) is 5.82 Å². The topological polar surface area (TPSA) is 25.8 Å². The molecule has 1 atom stereocenters. The monoisotopic (exact) mass is 700 g/mol. The fraction of sp³-hybridized carbons (Fsp3) is 0.0417. The third kappa shape index (κ3) is 4.51. The fourth-order valence-electron chi connectivity index (χ4n) is 8.35. The summed E-state index contributed by atoms with van der Waals surface area (Å²) in [6, 6.07) is 52.2. The lowest BCUT2D eigenvalue weighted by atomic mass is 9.66. The summed E-state index contributed by atoms with van der Waals surface area (Å²) in [4.78, 5) is 12.7. The van der Waals surface area contributed by atoms with Gasteiger partial charge in [-0.05, 0) is 70.7 Å². The lowest BCUT2D eigenvalue weighted by molar-refractivity contribution is 0.717. The summed E-state index contributed by atoms with van der Waals surface area (Å²) in [5.74, 6) is 0.716. The van der Waals surface area contributed by atoms with Crippen molar-refractivity contribution >= 4 is 48.8 Å². The quantitative estimate of drug-likeness (QED) is 0.179. The van der Waals surface area contributed by atoms with Crippen LogP contribution < -0.4 is 0 Å². The van der Waals surface area contributed by atoms with Crippen LogP contribution in [0.3, 0.4) is 0 Å². The summed E-state index contributed by atoms with van der Waals surface area (Å²) < 4.78 is 2.62. The van der Waals surface area contributed by atoms with E-state index < -0.39 is 5.41 Å². The second-order valence-electron chi connectivity index (χ2n) is 13.2. The van der Waals surface area contributed by atoms with Crippen molar-refractivity contribution in [2.45, 2.75) is 22.1 Å². The third-order valence-electron chi connectivity index (χ3n) is 10.5. The van der Waals surface area contributed by atoms with Gasteiger partial charge in [-0.2, -0.15) is 0 Å². The molecule has 0 bridgehead atoms. The van der Waals surface area contributed by atoms with Crippen LogP contribution in [-0.4, -0.2) is 9.97 Å². The molecule has 0 fully saturated rings.